The lowest BCUT2D eigenvalue weighted by Gasteiger charge is -2.21. The zero-order valence-corrected chi connectivity index (χ0v) is 13.6. The number of rotatable bonds is 4. The normalized spacial score (nSPS) is 14.4. The summed E-state index contributed by atoms with van der Waals surface area (Å²) in [7, 11) is 3.33. The second-order valence-electron chi connectivity index (χ2n) is 5.54. The third-order valence-electron chi connectivity index (χ3n) is 4.18. The van der Waals surface area contributed by atoms with Crippen LogP contribution >= 0.6 is 0 Å². The third kappa shape index (κ3) is 3.37. The number of nitrogens with one attached hydrogen (secondary N) is 1. The van der Waals surface area contributed by atoms with E-state index in [9.17, 15) is 0 Å². The summed E-state index contributed by atoms with van der Waals surface area (Å²) in [5.41, 5.74) is 5.02. The van der Waals surface area contributed by atoms with E-state index in [2.05, 4.69) is 28.5 Å². The van der Waals surface area contributed by atoms with Gasteiger partial charge in [0.25, 0.3) is 0 Å². The zero-order chi connectivity index (χ0) is 16.1. The summed E-state index contributed by atoms with van der Waals surface area (Å²) in [4.78, 5) is 4.30. The van der Waals surface area contributed by atoms with Crippen LogP contribution in [-0.2, 0) is 0 Å². The highest BCUT2D eigenvalue weighted by molar-refractivity contribution is 5.83. The maximum Gasteiger partial charge on any atom is 0.161 e. The average Bonchev–Trinajstić information content (AvgIpc) is 2.63. The highest BCUT2D eigenvalue weighted by Crippen LogP contribution is 2.35. The summed E-state index contributed by atoms with van der Waals surface area (Å²) in [6, 6.07) is 10.2. The Kier molecular flexibility index (Phi) is 4.93. The molecule has 23 heavy (non-hydrogen) atoms. The van der Waals surface area contributed by atoms with E-state index in [1.165, 1.54) is 11.1 Å². The van der Waals surface area contributed by atoms with E-state index < -0.39 is 0 Å². The van der Waals surface area contributed by atoms with Crippen LogP contribution in [0.2, 0.25) is 0 Å². The molecule has 0 saturated carbocycles. The molecule has 0 radical (unpaired) electrons. The minimum absolute atomic E-state index is 0.747. The number of piperidine rings is 1. The molecule has 2 heterocycles. The Labute approximate surface area is 137 Å². The average molecular weight is 310 g/mol. The van der Waals surface area contributed by atoms with E-state index in [-0.39, 0.29) is 0 Å². The van der Waals surface area contributed by atoms with Gasteiger partial charge in [0.05, 0.1) is 14.2 Å². The topological polar surface area (TPSA) is 43.4 Å². The fourth-order valence-electron chi connectivity index (χ4n) is 3.06. The van der Waals surface area contributed by atoms with Gasteiger partial charge in [0.2, 0.25) is 0 Å². The van der Waals surface area contributed by atoms with Crippen LogP contribution in [0.3, 0.4) is 0 Å². The summed E-state index contributed by atoms with van der Waals surface area (Å²) < 4.78 is 10.8. The molecule has 0 atom stereocenters. The van der Waals surface area contributed by atoms with Gasteiger partial charge in [0.1, 0.15) is 0 Å². The molecule has 1 aromatic heterocycles. The maximum atomic E-state index is 5.47. The van der Waals surface area contributed by atoms with Gasteiger partial charge in [-0.25, -0.2) is 0 Å². The summed E-state index contributed by atoms with van der Waals surface area (Å²) in [5, 5.41) is 3.42. The van der Waals surface area contributed by atoms with Gasteiger partial charge in [-0.1, -0.05) is 17.7 Å². The molecule has 1 N–H and O–H groups in total. The van der Waals surface area contributed by atoms with Crippen LogP contribution in [0.4, 0.5) is 0 Å². The molecule has 0 unspecified atom stereocenters. The highest BCUT2D eigenvalue weighted by Gasteiger charge is 2.16. The van der Waals surface area contributed by atoms with Crippen LogP contribution in [0, 0.1) is 0 Å². The molecular formula is C19H22N2O2. The number of pyridine rings is 1. The molecule has 4 heteroatoms. The standard InChI is InChI=1S/C19H22N2O2/c1-22-17-6-5-15(12-18(17)23-2)19(14-7-10-20-11-8-14)16-4-3-9-21-13-16/h3-6,9,12-13,20H,7-8,10-11H2,1-2H3. The fraction of sp³-hybridized carbons (Fsp3) is 0.316. The number of nitrogens with zero attached hydrogens (tertiary/aromatic N) is 1. The van der Waals surface area contributed by atoms with Crippen LogP contribution < -0.4 is 14.8 Å². The predicted octanol–water partition coefficient (Wildman–Crippen LogP) is 3.28. The molecule has 4 nitrogen and oxygen atoms in total. The quantitative estimate of drug-likeness (QED) is 0.941. The molecule has 0 spiro atoms. The number of methoxy groups -OCH3 is 2. The summed E-state index contributed by atoms with van der Waals surface area (Å²) in [6.07, 6.45) is 5.85. The van der Waals surface area contributed by atoms with Crippen LogP contribution in [0.1, 0.15) is 24.0 Å². The van der Waals surface area contributed by atoms with Gasteiger partial charge in [0, 0.05) is 18.0 Å². The van der Waals surface area contributed by atoms with Gasteiger partial charge in [-0.05, 0) is 55.3 Å². The molecular weight excluding hydrogens is 288 g/mol. The third-order valence-corrected chi connectivity index (χ3v) is 4.18. The smallest absolute Gasteiger partial charge is 0.161 e. The summed E-state index contributed by atoms with van der Waals surface area (Å²) in [5.74, 6) is 1.50. The first kappa shape index (κ1) is 15.6. The van der Waals surface area contributed by atoms with Crippen LogP contribution in [-0.4, -0.2) is 32.3 Å². The van der Waals surface area contributed by atoms with Crippen molar-refractivity contribution in [3.05, 3.63) is 59.4 Å². The lowest BCUT2D eigenvalue weighted by atomic mass is 9.89. The number of hydrogen-bond acceptors (Lipinski definition) is 4. The first-order chi connectivity index (χ1) is 11.3. The molecule has 3 rings (SSSR count). The van der Waals surface area contributed by atoms with E-state index in [4.69, 9.17) is 9.47 Å². The Morgan fingerprint density at radius 3 is 2.43 bits per heavy atom. The molecule has 2 aromatic rings. The predicted molar refractivity (Wildman–Crippen MR) is 91.9 cm³/mol. The number of benzene rings is 1. The number of ether oxygens (including phenoxy) is 2. The minimum atomic E-state index is 0.747. The lowest BCUT2D eigenvalue weighted by molar-refractivity contribution is 0.355. The van der Waals surface area contributed by atoms with Gasteiger partial charge in [-0.3, -0.25) is 4.98 Å². The Balaban J connectivity index is 2.12. The Morgan fingerprint density at radius 1 is 1.00 bits per heavy atom. The van der Waals surface area contributed by atoms with Crippen molar-refractivity contribution in [3.63, 3.8) is 0 Å². The number of hydrogen-bond donors (Lipinski definition) is 1. The van der Waals surface area contributed by atoms with E-state index in [0.717, 1.165) is 48.6 Å². The first-order valence-corrected chi connectivity index (χ1v) is 7.89. The molecule has 1 saturated heterocycles. The first-order valence-electron chi connectivity index (χ1n) is 7.89. The van der Waals surface area contributed by atoms with E-state index in [1.807, 2.05) is 24.5 Å². The van der Waals surface area contributed by atoms with Crippen molar-refractivity contribution < 1.29 is 9.47 Å². The van der Waals surface area contributed by atoms with Crippen molar-refractivity contribution in [3.8, 4) is 11.5 Å². The molecule has 0 aliphatic carbocycles. The maximum absolute atomic E-state index is 5.47. The van der Waals surface area contributed by atoms with Gasteiger partial charge < -0.3 is 14.8 Å². The van der Waals surface area contributed by atoms with E-state index >= 15 is 0 Å². The molecule has 1 fully saturated rings. The van der Waals surface area contributed by atoms with E-state index in [1.54, 1.807) is 14.2 Å². The van der Waals surface area contributed by atoms with Gasteiger partial charge >= 0.3 is 0 Å². The van der Waals surface area contributed by atoms with Crippen molar-refractivity contribution >= 4 is 5.57 Å². The largest absolute Gasteiger partial charge is 0.493 e. The Hall–Kier alpha value is -2.33. The second-order valence-corrected chi connectivity index (χ2v) is 5.54. The minimum Gasteiger partial charge on any atom is -0.493 e. The summed E-state index contributed by atoms with van der Waals surface area (Å²) >= 11 is 0. The van der Waals surface area contributed by atoms with Crippen molar-refractivity contribution in [1.82, 2.24) is 10.3 Å². The van der Waals surface area contributed by atoms with Crippen molar-refractivity contribution in [1.29, 1.82) is 0 Å². The van der Waals surface area contributed by atoms with Crippen molar-refractivity contribution in [2.45, 2.75) is 12.8 Å². The molecule has 1 aromatic carbocycles. The molecule has 120 valence electrons. The Morgan fingerprint density at radius 2 is 1.78 bits per heavy atom. The van der Waals surface area contributed by atoms with E-state index in [0.29, 0.717) is 0 Å². The van der Waals surface area contributed by atoms with Crippen molar-refractivity contribution in [2.75, 3.05) is 27.3 Å². The summed E-state index contributed by atoms with van der Waals surface area (Å²) in [6.45, 7) is 2.04. The van der Waals surface area contributed by atoms with Crippen LogP contribution in [0.5, 0.6) is 11.5 Å². The monoisotopic (exact) mass is 310 g/mol. The van der Waals surface area contributed by atoms with Gasteiger partial charge in [-0.15, -0.1) is 0 Å². The molecule has 0 bridgehead atoms. The Bertz CT molecular complexity index is 688. The fourth-order valence-corrected chi connectivity index (χ4v) is 3.06. The second kappa shape index (κ2) is 7.29. The highest BCUT2D eigenvalue weighted by atomic mass is 16.5. The zero-order valence-electron chi connectivity index (χ0n) is 13.6. The van der Waals surface area contributed by atoms with Crippen LogP contribution in [0.15, 0.2) is 48.3 Å². The molecule has 1 aliphatic rings. The van der Waals surface area contributed by atoms with Gasteiger partial charge in [0.15, 0.2) is 11.5 Å². The molecule has 1 aliphatic heterocycles. The SMILES string of the molecule is COc1ccc(C(=C2CCNCC2)c2cccnc2)cc1OC. The molecule has 0 amide bonds. The lowest BCUT2D eigenvalue weighted by Crippen LogP contribution is -2.23. The van der Waals surface area contributed by atoms with Crippen LogP contribution in [0.25, 0.3) is 5.57 Å². The van der Waals surface area contributed by atoms with Gasteiger partial charge in [-0.2, -0.15) is 0 Å². The van der Waals surface area contributed by atoms with Crippen molar-refractivity contribution in [2.24, 2.45) is 0 Å². The number of aromatic nitrogens is 1.